The van der Waals surface area contributed by atoms with Crippen LogP contribution < -0.4 is 4.74 Å². The molecule has 0 radical (unpaired) electrons. The molecule has 4 heteroatoms. The Hall–Kier alpha value is -1.94. The third kappa shape index (κ3) is 3.83. The lowest BCUT2D eigenvalue weighted by molar-refractivity contribution is 0.312. The first-order valence-corrected chi connectivity index (χ1v) is 7.86. The smallest absolute Gasteiger partial charge is 0.118 e. The lowest BCUT2D eigenvalue weighted by Gasteiger charge is -2.15. The first-order chi connectivity index (χ1) is 10.7. The third-order valence-corrected chi connectivity index (χ3v) is 4.27. The number of nitrogens with zero attached hydrogens (tertiary/aromatic N) is 3. The fraction of sp³-hybridized carbons (Fsp3) is 0.444. The average molecular weight is 297 g/mol. The fourth-order valence-electron chi connectivity index (χ4n) is 3.05. The predicted molar refractivity (Wildman–Crippen MR) is 86.9 cm³/mol. The summed E-state index contributed by atoms with van der Waals surface area (Å²) in [5, 5.41) is 0. The van der Waals surface area contributed by atoms with E-state index in [2.05, 4.69) is 27.0 Å². The van der Waals surface area contributed by atoms with E-state index in [1.54, 1.807) is 7.11 Å². The Morgan fingerprint density at radius 1 is 1.18 bits per heavy atom. The molecule has 0 aliphatic carbocycles. The maximum Gasteiger partial charge on any atom is 0.118 e. The molecule has 1 aromatic heterocycles. The number of hydrogen-bond donors (Lipinski definition) is 0. The summed E-state index contributed by atoms with van der Waals surface area (Å²) >= 11 is 0. The standard InChI is InChI=1S/C18H23N3O/c1-14-10-20-17(11-19-14)13-21-8-7-16(12-21)9-15-3-5-18(22-2)6-4-15/h3-6,10-11,16H,7-9,12-13H2,1-2H3. The summed E-state index contributed by atoms with van der Waals surface area (Å²) in [6.45, 7) is 5.17. The molecule has 116 valence electrons. The van der Waals surface area contributed by atoms with E-state index in [9.17, 15) is 0 Å². The maximum absolute atomic E-state index is 5.21. The van der Waals surface area contributed by atoms with Crippen molar-refractivity contribution in [3.8, 4) is 5.75 Å². The van der Waals surface area contributed by atoms with Crippen LogP contribution in [-0.2, 0) is 13.0 Å². The molecule has 1 aliphatic heterocycles. The number of hydrogen-bond acceptors (Lipinski definition) is 4. The molecule has 1 aliphatic rings. The van der Waals surface area contributed by atoms with Crippen LogP contribution in [0.5, 0.6) is 5.75 Å². The van der Waals surface area contributed by atoms with Crippen molar-refractivity contribution in [2.75, 3.05) is 20.2 Å². The van der Waals surface area contributed by atoms with E-state index in [-0.39, 0.29) is 0 Å². The van der Waals surface area contributed by atoms with Crippen LogP contribution in [0.1, 0.15) is 23.4 Å². The van der Waals surface area contributed by atoms with E-state index in [0.29, 0.717) is 0 Å². The molecule has 0 bridgehead atoms. The van der Waals surface area contributed by atoms with Gasteiger partial charge in [-0.2, -0.15) is 0 Å². The molecule has 0 spiro atoms. The first-order valence-electron chi connectivity index (χ1n) is 7.86. The maximum atomic E-state index is 5.21. The van der Waals surface area contributed by atoms with Crippen molar-refractivity contribution >= 4 is 0 Å². The second-order valence-electron chi connectivity index (χ2n) is 6.09. The first kappa shape index (κ1) is 15.0. The third-order valence-electron chi connectivity index (χ3n) is 4.27. The summed E-state index contributed by atoms with van der Waals surface area (Å²) in [5.41, 5.74) is 3.43. The summed E-state index contributed by atoms with van der Waals surface area (Å²) < 4.78 is 5.21. The van der Waals surface area contributed by atoms with Crippen molar-refractivity contribution in [2.45, 2.75) is 26.3 Å². The molecule has 1 saturated heterocycles. The van der Waals surface area contributed by atoms with E-state index in [1.165, 1.54) is 12.0 Å². The highest BCUT2D eigenvalue weighted by Crippen LogP contribution is 2.23. The van der Waals surface area contributed by atoms with E-state index < -0.39 is 0 Å². The van der Waals surface area contributed by atoms with Gasteiger partial charge in [-0.15, -0.1) is 0 Å². The minimum atomic E-state index is 0.729. The largest absolute Gasteiger partial charge is 0.497 e. The zero-order valence-corrected chi connectivity index (χ0v) is 13.3. The quantitative estimate of drug-likeness (QED) is 0.850. The van der Waals surface area contributed by atoms with Gasteiger partial charge in [-0.1, -0.05) is 12.1 Å². The minimum absolute atomic E-state index is 0.729. The number of benzene rings is 1. The molecular formula is C18H23N3O. The van der Waals surface area contributed by atoms with Crippen LogP contribution in [0.2, 0.25) is 0 Å². The molecule has 1 aromatic carbocycles. The van der Waals surface area contributed by atoms with Gasteiger partial charge in [0.05, 0.1) is 18.5 Å². The Labute approximate surface area is 132 Å². The SMILES string of the molecule is COc1ccc(CC2CCN(Cc3cnc(C)cn3)C2)cc1. The number of likely N-dealkylation sites (tertiary alicyclic amines) is 1. The zero-order chi connectivity index (χ0) is 15.4. The number of ether oxygens (including phenoxy) is 1. The summed E-state index contributed by atoms with van der Waals surface area (Å²) in [7, 11) is 1.71. The monoisotopic (exact) mass is 297 g/mol. The van der Waals surface area contributed by atoms with Gasteiger partial charge in [-0.25, -0.2) is 0 Å². The van der Waals surface area contributed by atoms with Crippen molar-refractivity contribution in [1.29, 1.82) is 0 Å². The van der Waals surface area contributed by atoms with Gasteiger partial charge < -0.3 is 4.74 Å². The van der Waals surface area contributed by atoms with E-state index >= 15 is 0 Å². The summed E-state index contributed by atoms with van der Waals surface area (Å²) in [6.07, 6.45) is 6.14. The molecule has 3 rings (SSSR count). The van der Waals surface area contributed by atoms with Crippen LogP contribution in [0.3, 0.4) is 0 Å². The van der Waals surface area contributed by atoms with Gasteiger partial charge in [0.15, 0.2) is 0 Å². The van der Waals surface area contributed by atoms with Crippen LogP contribution in [0.15, 0.2) is 36.7 Å². The van der Waals surface area contributed by atoms with Gasteiger partial charge in [0.25, 0.3) is 0 Å². The molecule has 0 N–H and O–H groups in total. The van der Waals surface area contributed by atoms with Gasteiger partial charge in [-0.3, -0.25) is 14.9 Å². The fourth-order valence-corrected chi connectivity index (χ4v) is 3.05. The van der Waals surface area contributed by atoms with Crippen molar-refractivity contribution < 1.29 is 4.74 Å². The Balaban J connectivity index is 1.52. The van der Waals surface area contributed by atoms with Crippen LogP contribution in [0.25, 0.3) is 0 Å². The van der Waals surface area contributed by atoms with Crippen LogP contribution in [-0.4, -0.2) is 35.1 Å². The molecule has 4 nitrogen and oxygen atoms in total. The molecule has 0 saturated carbocycles. The number of methoxy groups -OCH3 is 1. The van der Waals surface area contributed by atoms with Gasteiger partial charge in [0, 0.05) is 25.5 Å². The number of rotatable bonds is 5. The van der Waals surface area contributed by atoms with E-state index in [0.717, 1.165) is 49.1 Å². The molecule has 0 amide bonds. The lowest BCUT2D eigenvalue weighted by Crippen LogP contribution is -2.21. The minimum Gasteiger partial charge on any atom is -0.497 e. The molecular weight excluding hydrogens is 274 g/mol. The molecule has 1 atom stereocenters. The summed E-state index contributed by atoms with van der Waals surface area (Å²) in [4.78, 5) is 11.3. The molecule has 2 aromatic rings. The Bertz CT molecular complexity index is 595. The molecule has 2 heterocycles. The van der Waals surface area contributed by atoms with Crippen LogP contribution >= 0.6 is 0 Å². The zero-order valence-electron chi connectivity index (χ0n) is 13.3. The van der Waals surface area contributed by atoms with Crippen molar-refractivity contribution in [3.63, 3.8) is 0 Å². The summed E-state index contributed by atoms with van der Waals surface area (Å²) in [6, 6.07) is 8.44. The van der Waals surface area contributed by atoms with E-state index in [1.807, 2.05) is 31.5 Å². The molecule has 22 heavy (non-hydrogen) atoms. The normalized spacial score (nSPS) is 18.5. The number of aromatic nitrogens is 2. The van der Waals surface area contributed by atoms with Gasteiger partial charge >= 0.3 is 0 Å². The van der Waals surface area contributed by atoms with Gasteiger partial charge in [-0.05, 0) is 49.9 Å². The second-order valence-corrected chi connectivity index (χ2v) is 6.09. The van der Waals surface area contributed by atoms with Crippen LogP contribution in [0, 0.1) is 12.8 Å². The predicted octanol–water partition coefficient (Wildman–Crippen LogP) is 2.86. The Morgan fingerprint density at radius 3 is 2.68 bits per heavy atom. The highest BCUT2D eigenvalue weighted by molar-refractivity contribution is 5.27. The van der Waals surface area contributed by atoms with Gasteiger partial charge in [0.2, 0.25) is 0 Å². The van der Waals surface area contributed by atoms with Crippen LogP contribution in [0.4, 0.5) is 0 Å². The van der Waals surface area contributed by atoms with E-state index in [4.69, 9.17) is 4.74 Å². The highest BCUT2D eigenvalue weighted by Gasteiger charge is 2.23. The number of aryl methyl sites for hydroxylation is 1. The highest BCUT2D eigenvalue weighted by atomic mass is 16.5. The van der Waals surface area contributed by atoms with Crippen molar-refractivity contribution in [3.05, 3.63) is 53.6 Å². The Kier molecular flexibility index (Phi) is 4.68. The molecule has 1 unspecified atom stereocenters. The lowest BCUT2D eigenvalue weighted by atomic mass is 9.99. The van der Waals surface area contributed by atoms with Crippen molar-refractivity contribution in [1.82, 2.24) is 14.9 Å². The molecule has 1 fully saturated rings. The van der Waals surface area contributed by atoms with Crippen molar-refractivity contribution in [2.24, 2.45) is 5.92 Å². The Morgan fingerprint density at radius 2 is 2.00 bits per heavy atom. The summed E-state index contributed by atoms with van der Waals surface area (Å²) in [5.74, 6) is 1.65. The van der Waals surface area contributed by atoms with Gasteiger partial charge in [0.1, 0.15) is 5.75 Å². The average Bonchev–Trinajstić information content (AvgIpc) is 2.97. The second kappa shape index (κ2) is 6.88. The topological polar surface area (TPSA) is 38.2 Å².